The van der Waals surface area contributed by atoms with Gasteiger partial charge in [-0.05, 0) is 25.3 Å². The van der Waals surface area contributed by atoms with Gasteiger partial charge >= 0.3 is 5.97 Å². The number of ether oxygens (including phenoxy) is 1. The van der Waals surface area contributed by atoms with Gasteiger partial charge in [-0.2, -0.15) is 5.10 Å². The number of carbonyl (C=O) groups is 1. The summed E-state index contributed by atoms with van der Waals surface area (Å²) in [4.78, 5) is 11.5. The zero-order valence-electron chi connectivity index (χ0n) is 11.6. The standard InChI is InChI=1S/C13H16N4O3/c1-4-8-9(5-2)15-17-12(11(8)13(18)19)20-10-6-7(3)14-16-10/h6H,4-5H2,1-3H3,(H,14,16)(H,18,19). The van der Waals surface area contributed by atoms with E-state index in [0.717, 1.165) is 5.69 Å². The number of carboxylic acid groups (broad SMARTS) is 1. The van der Waals surface area contributed by atoms with E-state index in [-0.39, 0.29) is 17.3 Å². The molecular weight excluding hydrogens is 260 g/mol. The Balaban J connectivity index is 2.49. The summed E-state index contributed by atoms with van der Waals surface area (Å²) >= 11 is 0. The molecule has 0 fully saturated rings. The van der Waals surface area contributed by atoms with Crippen molar-refractivity contribution in [1.29, 1.82) is 0 Å². The van der Waals surface area contributed by atoms with Gasteiger partial charge in [0.1, 0.15) is 5.56 Å². The molecule has 0 amide bonds. The molecule has 7 nitrogen and oxygen atoms in total. The molecule has 0 unspecified atom stereocenters. The van der Waals surface area contributed by atoms with Gasteiger partial charge < -0.3 is 9.84 Å². The lowest BCUT2D eigenvalue weighted by Crippen LogP contribution is -2.11. The van der Waals surface area contributed by atoms with Crippen LogP contribution in [0.1, 0.15) is 41.2 Å². The smallest absolute Gasteiger partial charge is 0.341 e. The molecular formula is C13H16N4O3. The van der Waals surface area contributed by atoms with Crippen LogP contribution < -0.4 is 4.74 Å². The number of nitrogens with zero attached hydrogens (tertiary/aromatic N) is 3. The minimum Gasteiger partial charge on any atom is -0.477 e. The Morgan fingerprint density at radius 2 is 2.10 bits per heavy atom. The Bertz CT molecular complexity index is 637. The molecule has 106 valence electrons. The molecule has 0 spiro atoms. The summed E-state index contributed by atoms with van der Waals surface area (Å²) in [5, 5.41) is 23.9. The van der Waals surface area contributed by atoms with Gasteiger partial charge in [0, 0.05) is 11.8 Å². The Hall–Kier alpha value is -2.44. The highest BCUT2D eigenvalue weighted by atomic mass is 16.5. The molecule has 7 heteroatoms. The minimum absolute atomic E-state index is 0.0296. The molecule has 0 aliphatic heterocycles. The van der Waals surface area contributed by atoms with Crippen LogP contribution >= 0.6 is 0 Å². The van der Waals surface area contributed by atoms with E-state index in [4.69, 9.17) is 4.74 Å². The van der Waals surface area contributed by atoms with Crippen molar-refractivity contribution >= 4 is 5.97 Å². The zero-order valence-corrected chi connectivity index (χ0v) is 11.6. The molecule has 0 aliphatic carbocycles. The second kappa shape index (κ2) is 5.68. The van der Waals surface area contributed by atoms with Crippen molar-refractivity contribution in [2.75, 3.05) is 0 Å². The first-order valence-electron chi connectivity index (χ1n) is 6.38. The first-order valence-corrected chi connectivity index (χ1v) is 6.38. The van der Waals surface area contributed by atoms with E-state index in [1.165, 1.54) is 0 Å². The fraction of sp³-hybridized carbons (Fsp3) is 0.385. The first-order chi connectivity index (χ1) is 9.56. The minimum atomic E-state index is -1.08. The molecule has 0 aromatic carbocycles. The molecule has 2 aromatic heterocycles. The average molecular weight is 276 g/mol. The average Bonchev–Trinajstić information content (AvgIpc) is 2.83. The lowest BCUT2D eigenvalue weighted by Gasteiger charge is -2.11. The van der Waals surface area contributed by atoms with E-state index >= 15 is 0 Å². The number of hydrogen-bond acceptors (Lipinski definition) is 5. The van der Waals surface area contributed by atoms with Crippen LogP contribution in [0.3, 0.4) is 0 Å². The fourth-order valence-electron chi connectivity index (χ4n) is 1.99. The molecule has 0 aliphatic rings. The maximum absolute atomic E-state index is 11.5. The van der Waals surface area contributed by atoms with Gasteiger partial charge in [0.05, 0.1) is 5.69 Å². The Labute approximate surface area is 116 Å². The van der Waals surface area contributed by atoms with Gasteiger partial charge in [-0.1, -0.05) is 13.8 Å². The number of aryl methyl sites for hydroxylation is 2. The molecule has 0 saturated heterocycles. The SMILES string of the molecule is CCc1nnc(Oc2cc(C)[nH]n2)c(C(=O)O)c1CC. The third-order valence-electron chi connectivity index (χ3n) is 2.91. The lowest BCUT2D eigenvalue weighted by molar-refractivity contribution is 0.0691. The highest BCUT2D eigenvalue weighted by Gasteiger charge is 2.22. The van der Waals surface area contributed by atoms with Crippen molar-refractivity contribution in [2.45, 2.75) is 33.6 Å². The molecule has 0 radical (unpaired) electrons. The summed E-state index contributed by atoms with van der Waals surface area (Å²) in [5.74, 6) is -0.836. The van der Waals surface area contributed by atoms with Crippen molar-refractivity contribution in [3.8, 4) is 11.8 Å². The normalized spacial score (nSPS) is 10.6. The molecule has 0 bridgehead atoms. The van der Waals surface area contributed by atoms with Crippen LogP contribution in [0.2, 0.25) is 0 Å². The van der Waals surface area contributed by atoms with E-state index in [9.17, 15) is 9.90 Å². The van der Waals surface area contributed by atoms with Crippen molar-refractivity contribution < 1.29 is 14.6 Å². The number of aromatic carboxylic acids is 1. The predicted molar refractivity (Wildman–Crippen MR) is 71.1 cm³/mol. The second-order valence-electron chi connectivity index (χ2n) is 4.31. The molecule has 2 N–H and O–H groups in total. The highest BCUT2D eigenvalue weighted by molar-refractivity contribution is 5.92. The summed E-state index contributed by atoms with van der Waals surface area (Å²) in [5.41, 5.74) is 2.19. The van der Waals surface area contributed by atoms with Crippen molar-refractivity contribution in [2.24, 2.45) is 0 Å². The molecule has 0 atom stereocenters. The van der Waals surface area contributed by atoms with E-state index in [1.807, 2.05) is 20.8 Å². The summed E-state index contributed by atoms with van der Waals surface area (Å²) < 4.78 is 5.44. The van der Waals surface area contributed by atoms with Gasteiger partial charge in [0.25, 0.3) is 5.88 Å². The van der Waals surface area contributed by atoms with E-state index in [0.29, 0.717) is 24.1 Å². The van der Waals surface area contributed by atoms with Gasteiger partial charge in [0.2, 0.25) is 5.88 Å². The zero-order chi connectivity index (χ0) is 14.7. The van der Waals surface area contributed by atoms with Gasteiger partial charge in [-0.25, -0.2) is 4.79 Å². The topological polar surface area (TPSA) is 101 Å². The van der Waals surface area contributed by atoms with Gasteiger partial charge in [0.15, 0.2) is 0 Å². The summed E-state index contributed by atoms with van der Waals surface area (Å²) in [7, 11) is 0. The quantitative estimate of drug-likeness (QED) is 0.867. The van der Waals surface area contributed by atoms with Crippen molar-refractivity contribution in [3.05, 3.63) is 28.6 Å². The van der Waals surface area contributed by atoms with Crippen molar-refractivity contribution in [3.63, 3.8) is 0 Å². The van der Waals surface area contributed by atoms with E-state index in [2.05, 4.69) is 20.4 Å². The molecule has 2 heterocycles. The van der Waals surface area contributed by atoms with Crippen LogP contribution in [-0.4, -0.2) is 31.5 Å². The second-order valence-corrected chi connectivity index (χ2v) is 4.31. The first kappa shape index (κ1) is 14.0. The predicted octanol–water partition coefficient (Wildman–Crippen LogP) is 2.12. The monoisotopic (exact) mass is 276 g/mol. The van der Waals surface area contributed by atoms with Crippen molar-refractivity contribution in [1.82, 2.24) is 20.4 Å². The Morgan fingerprint density at radius 1 is 1.35 bits per heavy atom. The number of nitrogens with one attached hydrogen (secondary N) is 1. The Morgan fingerprint density at radius 3 is 2.60 bits per heavy atom. The van der Waals surface area contributed by atoms with Crippen LogP contribution in [0.25, 0.3) is 0 Å². The summed E-state index contributed by atoms with van der Waals surface area (Å²) in [6.07, 6.45) is 1.18. The van der Waals surface area contributed by atoms with E-state index < -0.39 is 5.97 Å². The number of hydrogen-bond donors (Lipinski definition) is 2. The molecule has 0 saturated carbocycles. The van der Waals surface area contributed by atoms with Gasteiger partial charge in [-0.15, -0.1) is 10.2 Å². The Kier molecular flexibility index (Phi) is 3.97. The number of aromatic nitrogens is 4. The van der Waals surface area contributed by atoms with Crippen LogP contribution in [0.5, 0.6) is 11.8 Å². The van der Waals surface area contributed by atoms with Crippen LogP contribution in [0.15, 0.2) is 6.07 Å². The largest absolute Gasteiger partial charge is 0.477 e. The third-order valence-corrected chi connectivity index (χ3v) is 2.91. The maximum atomic E-state index is 11.5. The van der Waals surface area contributed by atoms with Crippen LogP contribution in [0, 0.1) is 6.92 Å². The van der Waals surface area contributed by atoms with E-state index in [1.54, 1.807) is 6.07 Å². The molecule has 2 aromatic rings. The number of rotatable bonds is 5. The summed E-state index contributed by atoms with van der Waals surface area (Å²) in [6, 6.07) is 1.66. The fourth-order valence-corrected chi connectivity index (χ4v) is 1.99. The lowest BCUT2D eigenvalue weighted by atomic mass is 10.0. The third kappa shape index (κ3) is 2.61. The van der Waals surface area contributed by atoms with Gasteiger partial charge in [-0.3, -0.25) is 5.10 Å². The summed E-state index contributed by atoms with van der Waals surface area (Å²) in [6.45, 7) is 5.61. The molecule has 2 rings (SSSR count). The molecule has 20 heavy (non-hydrogen) atoms. The highest BCUT2D eigenvalue weighted by Crippen LogP contribution is 2.26. The number of carboxylic acids is 1. The van der Waals surface area contributed by atoms with Crippen LogP contribution in [-0.2, 0) is 12.8 Å². The van der Waals surface area contributed by atoms with Crippen LogP contribution in [0.4, 0.5) is 0 Å². The maximum Gasteiger partial charge on any atom is 0.341 e. The number of aromatic amines is 1. The number of H-pyrrole nitrogens is 1.